The number of nitrogens with one attached hydrogen (secondary N) is 1. The maximum Gasteiger partial charge on any atom is 0.302 e. The van der Waals surface area contributed by atoms with Crippen molar-refractivity contribution in [1.82, 2.24) is 15.0 Å². The number of benzene rings is 2. The summed E-state index contributed by atoms with van der Waals surface area (Å²) in [5.74, 6) is -0.927. The van der Waals surface area contributed by atoms with Crippen molar-refractivity contribution in [2.24, 2.45) is 0 Å². The number of pyridine rings is 1. The molecule has 2 aromatic carbocycles. The molecule has 1 aliphatic rings. The summed E-state index contributed by atoms with van der Waals surface area (Å²) < 4.78 is 5.52. The van der Waals surface area contributed by atoms with Crippen LogP contribution in [0.15, 0.2) is 72.6 Å². The van der Waals surface area contributed by atoms with Gasteiger partial charge in [0.25, 0.3) is 5.78 Å². The van der Waals surface area contributed by atoms with Gasteiger partial charge in [0, 0.05) is 23.5 Å². The summed E-state index contributed by atoms with van der Waals surface area (Å²) in [7, 11) is 1.59. The molecule has 5 rings (SSSR count). The first-order valence-electron chi connectivity index (χ1n) is 11.6. The van der Waals surface area contributed by atoms with Gasteiger partial charge in [-0.05, 0) is 53.4 Å². The number of anilines is 1. The zero-order valence-electron chi connectivity index (χ0n) is 20.4. The van der Waals surface area contributed by atoms with Crippen LogP contribution in [0.5, 0.6) is 5.75 Å². The molecule has 3 heterocycles. The number of ether oxygens (including phenoxy) is 1. The maximum absolute atomic E-state index is 13.4. The topological polar surface area (TPSA) is 108 Å². The van der Waals surface area contributed by atoms with Crippen molar-refractivity contribution in [2.45, 2.75) is 32.2 Å². The first kappa shape index (κ1) is 23.3. The third-order valence-corrected chi connectivity index (χ3v) is 6.35. The van der Waals surface area contributed by atoms with Gasteiger partial charge in [0.2, 0.25) is 5.95 Å². The van der Waals surface area contributed by atoms with E-state index < -0.39 is 17.7 Å². The molecule has 0 saturated carbocycles. The SMILES string of the molecule is COc1ccc(/C(O)=C2\C(=O)C(=O)N(c3nc4ccccc4[nH]3)C2c2ccncc2)cc1C(C)(C)C. The third kappa shape index (κ3) is 3.80. The Balaban J connectivity index is 1.72. The van der Waals surface area contributed by atoms with Crippen LogP contribution in [-0.4, -0.2) is 38.9 Å². The Morgan fingerprint density at radius 3 is 2.44 bits per heavy atom. The molecule has 182 valence electrons. The van der Waals surface area contributed by atoms with Crippen LogP contribution in [0.2, 0.25) is 0 Å². The highest BCUT2D eigenvalue weighted by molar-refractivity contribution is 6.51. The van der Waals surface area contributed by atoms with Gasteiger partial charge in [-0.25, -0.2) is 4.98 Å². The number of rotatable bonds is 4. The van der Waals surface area contributed by atoms with Gasteiger partial charge in [-0.15, -0.1) is 0 Å². The molecular formula is C28H26N4O4. The number of aromatic nitrogens is 3. The Bertz CT molecular complexity index is 1480. The van der Waals surface area contributed by atoms with Gasteiger partial charge in [0.05, 0.1) is 29.8 Å². The van der Waals surface area contributed by atoms with Gasteiger partial charge < -0.3 is 14.8 Å². The molecule has 8 nitrogen and oxygen atoms in total. The third-order valence-electron chi connectivity index (χ3n) is 6.35. The number of Topliss-reactive ketones (excluding diaryl/α,β-unsaturated/α-hetero) is 1. The minimum atomic E-state index is -0.895. The number of aromatic amines is 1. The number of methoxy groups -OCH3 is 1. The van der Waals surface area contributed by atoms with E-state index in [-0.39, 0.29) is 22.7 Å². The normalized spacial score (nSPS) is 17.7. The van der Waals surface area contributed by atoms with E-state index in [1.54, 1.807) is 49.8 Å². The van der Waals surface area contributed by atoms with Crippen molar-refractivity contribution < 1.29 is 19.4 Å². The van der Waals surface area contributed by atoms with Gasteiger partial charge in [-0.1, -0.05) is 32.9 Å². The van der Waals surface area contributed by atoms with Gasteiger partial charge in [-0.3, -0.25) is 19.5 Å². The monoisotopic (exact) mass is 482 g/mol. The first-order valence-corrected chi connectivity index (χ1v) is 11.6. The van der Waals surface area contributed by atoms with Crippen molar-refractivity contribution in [2.75, 3.05) is 12.0 Å². The summed E-state index contributed by atoms with van der Waals surface area (Å²) in [6.45, 7) is 6.10. The number of amides is 1. The van der Waals surface area contributed by atoms with E-state index in [1.807, 2.05) is 45.0 Å². The summed E-state index contributed by atoms with van der Waals surface area (Å²) in [6.07, 6.45) is 3.17. The number of fused-ring (bicyclic) bond motifs is 1. The van der Waals surface area contributed by atoms with Gasteiger partial charge in [0.1, 0.15) is 11.5 Å². The van der Waals surface area contributed by atoms with Crippen LogP contribution >= 0.6 is 0 Å². The molecule has 1 unspecified atom stereocenters. The van der Waals surface area contributed by atoms with Crippen LogP contribution in [0.4, 0.5) is 5.95 Å². The predicted molar refractivity (Wildman–Crippen MR) is 137 cm³/mol. The minimum Gasteiger partial charge on any atom is -0.507 e. The number of carbonyl (C=O) groups excluding carboxylic acids is 2. The molecule has 0 bridgehead atoms. The molecule has 2 aromatic heterocycles. The van der Waals surface area contributed by atoms with Crippen molar-refractivity contribution in [1.29, 1.82) is 0 Å². The Morgan fingerprint density at radius 2 is 1.78 bits per heavy atom. The summed E-state index contributed by atoms with van der Waals surface area (Å²) in [6, 6.07) is 15.1. The number of para-hydroxylation sites is 2. The fourth-order valence-electron chi connectivity index (χ4n) is 4.56. The summed E-state index contributed by atoms with van der Waals surface area (Å²) >= 11 is 0. The standard InChI is InChI=1S/C28H26N4O4/c1-28(2,3)18-15-17(9-10-21(18)36-4)24(33)22-23(16-11-13-29-14-12-16)32(26(35)25(22)34)27-30-19-7-5-6-8-20(19)31-27/h5-15,23,33H,1-4H3,(H,30,31)/b24-22+. The molecule has 0 radical (unpaired) electrons. The molecular weight excluding hydrogens is 456 g/mol. The number of ketones is 1. The van der Waals surface area contributed by atoms with Crippen molar-refractivity contribution in [3.8, 4) is 5.75 Å². The number of aliphatic hydroxyl groups excluding tert-OH is 1. The van der Waals surface area contributed by atoms with Crippen molar-refractivity contribution in [3.63, 3.8) is 0 Å². The summed E-state index contributed by atoms with van der Waals surface area (Å²) in [5.41, 5.74) is 2.99. The van der Waals surface area contributed by atoms with Crippen LogP contribution in [0.1, 0.15) is 43.5 Å². The maximum atomic E-state index is 13.4. The lowest BCUT2D eigenvalue weighted by Gasteiger charge is -2.24. The lowest BCUT2D eigenvalue weighted by molar-refractivity contribution is -0.132. The predicted octanol–water partition coefficient (Wildman–Crippen LogP) is 4.89. The van der Waals surface area contributed by atoms with Crippen molar-refractivity contribution >= 4 is 34.4 Å². The largest absolute Gasteiger partial charge is 0.507 e. The number of hydrogen-bond acceptors (Lipinski definition) is 6. The van der Waals surface area contributed by atoms with Gasteiger partial charge >= 0.3 is 5.91 Å². The highest BCUT2D eigenvalue weighted by Gasteiger charge is 2.48. The smallest absolute Gasteiger partial charge is 0.302 e. The molecule has 1 fully saturated rings. The molecule has 0 aliphatic carbocycles. The van der Waals surface area contributed by atoms with E-state index in [1.165, 1.54) is 4.90 Å². The fraction of sp³-hybridized carbons (Fsp3) is 0.214. The second-order valence-electron chi connectivity index (χ2n) is 9.69. The number of carbonyl (C=O) groups is 2. The Hall–Kier alpha value is -4.46. The molecule has 1 amide bonds. The van der Waals surface area contributed by atoms with Crippen molar-refractivity contribution in [3.05, 3.63) is 89.3 Å². The number of H-pyrrole nitrogens is 1. The number of imidazole rings is 1. The number of nitrogens with zero attached hydrogens (tertiary/aromatic N) is 3. The highest BCUT2D eigenvalue weighted by atomic mass is 16.5. The minimum absolute atomic E-state index is 0.0170. The van der Waals surface area contributed by atoms with Crippen LogP contribution in [0.3, 0.4) is 0 Å². The van der Waals surface area contributed by atoms with E-state index in [2.05, 4.69) is 15.0 Å². The number of aliphatic hydroxyl groups is 1. The zero-order chi connectivity index (χ0) is 25.6. The second kappa shape index (κ2) is 8.64. The Kier molecular flexibility index (Phi) is 5.59. The molecule has 2 N–H and O–H groups in total. The van der Waals surface area contributed by atoms with Crippen LogP contribution < -0.4 is 9.64 Å². The molecule has 1 aliphatic heterocycles. The van der Waals surface area contributed by atoms with E-state index in [0.717, 1.165) is 11.1 Å². The zero-order valence-corrected chi connectivity index (χ0v) is 20.4. The van der Waals surface area contributed by atoms with Crippen LogP contribution in [-0.2, 0) is 15.0 Å². The van der Waals surface area contributed by atoms with E-state index in [4.69, 9.17) is 4.74 Å². The number of hydrogen-bond donors (Lipinski definition) is 2. The quantitative estimate of drug-likeness (QED) is 0.244. The Labute approximate surface area is 208 Å². The molecule has 8 heteroatoms. The molecule has 0 spiro atoms. The van der Waals surface area contributed by atoms with Gasteiger partial charge in [-0.2, -0.15) is 0 Å². The lowest BCUT2D eigenvalue weighted by Crippen LogP contribution is -2.30. The first-order chi connectivity index (χ1) is 17.2. The lowest BCUT2D eigenvalue weighted by atomic mass is 9.84. The average Bonchev–Trinajstić information content (AvgIpc) is 3.41. The highest BCUT2D eigenvalue weighted by Crippen LogP contribution is 2.42. The Morgan fingerprint density at radius 1 is 1.06 bits per heavy atom. The average molecular weight is 483 g/mol. The van der Waals surface area contributed by atoms with E-state index >= 15 is 0 Å². The summed E-state index contributed by atoms with van der Waals surface area (Å²) in [4.78, 5) is 39.9. The molecule has 1 atom stereocenters. The second-order valence-corrected chi connectivity index (χ2v) is 9.69. The van der Waals surface area contributed by atoms with E-state index in [9.17, 15) is 14.7 Å². The summed E-state index contributed by atoms with van der Waals surface area (Å²) in [5, 5.41) is 11.5. The van der Waals surface area contributed by atoms with E-state index in [0.29, 0.717) is 22.4 Å². The van der Waals surface area contributed by atoms with Gasteiger partial charge in [0.15, 0.2) is 0 Å². The van der Waals surface area contributed by atoms with Crippen LogP contribution in [0.25, 0.3) is 16.8 Å². The van der Waals surface area contributed by atoms with Crippen LogP contribution in [0, 0.1) is 0 Å². The molecule has 36 heavy (non-hydrogen) atoms. The molecule has 4 aromatic rings. The fourth-order valence-corrected chi connectivity index (χ4v) is 4.56. The molecule has 1 saturated heterocycles.